The van der Waals surface area contributed by atoms with Crippen molar-refractivity contribution in [2.24, 2.45) is 0 Å². The van der Waals surface area contributed by atoms with Crippen molar-refractivity contribution < 1.29 is 24.5 Å². The number of benzene rings is 4. The molecule has 2 N–H and O–H groups in total. The molecule has 5 rings (SSSR count). The fourth-order valence-electron chi connectivity index (χ4n) is 6.22. The molecule has 48 heavy (non-hydrogen) atoms. The van der Waals surface area contributed by atoms with E-state index in [0.29, 0.717) is 19.8 Å². The number of hydrogen-bond donors (Lipinski definition) is 2. The maximum atomic E-state index is 12.1. The molecule has 0 fully saturated rings. The Hall–Kier alpha value is -3.78. The highest BCUT2D eigenvalue weighted by molar-refractivity contribution is 8.00. The Morgan fingerprint density at radius 3 is 2.12 bits per heavy atom. The van der Waals surface area contributed by atoms with E-state index in [-0.39, 0.29) is 12.5 Å². The lowest BCUT2D eigenvalue weighted by molar-refractivity contribution is -0.136. The largest absolute Gasteiger partial charge is 0.493 e. The minimum atomic E-state index is -0.826. The van der Waals surface area contributed by atoms with Crippen molar-refractivity contribution in [3.8, 4) is 28.0 Å². The normalized spacial score (nSPS) is 13.7. The molecule has 7 heteroatoms. The van der Waals surface area contributed by atoms with Crippen molar-refractivity contribution >= 4 is 23.6 Å². The molecule has 256 valence electrons. The van der Waals surface area contributed by atoms with Crippen LogP contribution < -0.4 is 9.04 Å². The Kier molecular flexibility index (Phi) is 12.8. The maximum absolute atomic E-state index is 12.1. The van der Waals surface area contributed by atoms with Crippen LogP contribution in [0.2, 0.25) is 0 Å². The highest BCUT2D eigenvalue weighted by Crippen LogP contribution is 2.55. The number of unbranched alkanes of at least 4 members (excludes halogenated alkanes) is 1. The van der Waals surface area contributed by atoms with Gasteiger partial charge in [0.15, 0.2) is 0 Å². The van der Waals surface area contributed by atoms with Crippen LogP contribution in [0.4, 0.5) is 5.69 Å². The number of ether oxygens (including phenoxy) is 2. The Morgan fingerprint density at radius 2 is 1.50 bits per heavy atom. The summed E-state index contributed by atoms with van der Waals surface area (Å²) in [5.74, 6) is 0.0486. The molecule has 6 nitrogen and oxygen atoms in total. The van der Waals surface area contributed by atoms with Gasteiger partial charge in [0, 0.05) is 24.0 Å². The smallest absolute Gasteiger partial charge is 0.307 e. The molecule has 4 aromatic rings. The van der Waals surface area contributed by atoms with E-state index in [0.717, 1.165) is 63.2 Å². The molecule has 0 spiro atoms. The summed E-state index contributed by atoms with van der Waals surface area (Å²) in [6.45, 7) is 15.6. The first-order valence-electron chi connectivity index (χ1n) is 16.7. The summed E-state index contributed by atoms with van der Waals surface area (Å²) in [5.41, 5.74) is 11.4. The van der Waals surface area contributed by atoms with Crippen LogP contribution in [0.25, 0.3) is 22.3 Å². The Bertz CT molecular complexity index is 1670. The van der Waals surface area contributed by atoms with Gasteiger partial charge in [-0.25, -0.2) is 0 Å². The van der Waals surface area contributed by atoms with E-state index in [9.17, 15) is 9.90 Å². The number of carbonyl (C=O) groups is 1. The summed E-state index contributed by atoms with van der Waals surface area (Å²) in [6.07, 6.45) is 3.87. The number of carboxylic acids is 1. The molecule has 1 heterocycles. The van der Waals surface area contributed by atoms with Crippen molar-refractivity contribution in [1.29, 1.82) is 0 Å². The number of nitrogens with zero attached hydrogens (tertiary/aromatic N) is 1. The molecule has 0 radical (unpaired) electrons. The lowest BCUT2D eigenvalue weighted by atomic mass is 9.79. The number of aryl methyl sites for hydroxylation is 1. The van der Waals surface area contributed by atoms with Crippen LogP contribution in [-0.4, -0.2) is 41.3 Å². The fourth-order valence-corrected chi connectivity index (χ4v) is 7.06. The number of anilines is 1. The quantitative estimate of drug-likeness (QED) is 0.115. The van der Waals surface area contributed by atoms with Crippen LogP contribution in [-0.2, 0) is 22.6 Å². The number of carboxylic acid groups (broad SMARTS) is 1. The number of rotatable bonds is 12. The van der Waals surface area contributed by atoms with Gasteiger partial charge in [0.2, 0.25) is 0 Å². The van der Waals surface area contributed by atoms with Crippen molar-refractivity contribution in [3.05, 3.63) is 106 Å². The summed E-state index contributed by atoms with van der Waals surface area (Å²) in [7, 11) is 0. The first-order chi connectivity index (χ1) is 22.8. The summed E-state index contributed by atoms with van der Waals surface area (Å²) in [5, 5.41) is 18.5. The van der Waals surface area contributed by atoms with Gasteiger partial charge in [0.05, 0.1) is 37.0 Å². The van der Waals surface area contributed by atoms with E-state index >= 15 is 0 Å². The van der Waals surface area contributed by atoms with Gasteiger partial charge in [-0.3, -0.25) is 4.79 Å². The second kappa shape index (κ2) is 16.6. The average molecular weight is 670 g/mol. The van der Waals surface area contributed by atoms with Gasteiger partial charge in [-0.2, -0.15) is 0 Å². The van der Waals surface area contributed by atoms with E-state index in [1.54, 1.807) is 32.7 Å². The molecule has 0 unspecified atom stereocenters. The molecular formula is C41H51NO5S. The van der Waals surface area contributed by atoms with Crippen molar-refractivity contribution in [2.45, 2.75) is 86.0 Å². The van der Waals surface area contributed by atoms with Crippen LogP contribution in [0, 0.1) is 20.8 Å². The van der Waals surface area contributed by atoms with Gasteiger partial charge in [0.25, 0.3) is 0 Å². The Morgan fingerprint density at radius 1 is 0.854 bits per heavy atom. The third-order valence-corrected chi connectivity index (χ3v) is 9.24. The van der Waals surface area contributed by atoms with Crippen LogP contribution in [0.1, 0.15) is 80.0 Å². The van der Waals surface area contributed by atoms with Crippen LogP contribution >= 0.6 is 11.9 Å². The Labute approximate surface area is 291 Å². The summed E-state index contributed by atoms with van der Waals surface area (Å²) >= 11 is 1.68. The lowest BCUT2D eigenvalue weighted by Crippen LogP contribution is -2.26. The summed E-state index contributed by atoms with van der Waals surface area (Å²) in [4.78, 5) is 12.1. The van der Waals surface area contributed by atoms with Crippen LogP contribution in [0.15, 0.2) is 72.8 Å². The van der Waals surface area contributed by atoms with Crippen molar-refractivity contribution in [2.75, 3.05) is 23.8 Å². The van der Waals surface area contributed by atoms with Gasteiger partial charge in [-0.1, -0.05) is 84.2 Å². The van der Waals surface area contributed by atoms with Crippen LogP contribution in [0.3, 0.4) is 0 Å². The van der Waals surface area contributed by atoms with Crippen LogP contribution in [0.5, 0.6) is 5.75 Å². The van der Waals surface area contributed by atoms with E-state index in [1.807, 2.05) is 18.2 Å². The monoisotopic (exact) mass is 669 g/mol. The molecule has 0 aliphatic carbocycles. The first-order valence-corrected chi connectivity index (χ1v) is 17.9. The van der Waals surface area contributed by atoms with E-state index in [2.05, 4.69) is 92.9 Å². The topological polar surface area (TPSA) is 79.2 Å². The second-order valence-corrected chi connectivity index (χ2v) is 14.2. The standard InChI is InChI=1S/C37H41NO4S.C4H10O/c1-24-16-18-29(19-17-24)34-26(3)35-36-30(27(4)38(43-5)37(35)25(2)31(34)22-33(39)40)14-11-15-32(36)42-21-10-9-20-41-23-28-12-7-6-8-13-28;1-4(2,3)5/h6-8,11-19,27H,9-10,20-23H2,1-5H3,(H,39,40);5H,1-3H3/t27-;/m0./s1. The minimum Gasteiger partial charge on any atom is -0.493 e. The lowest BCUT2D eigenvalue weighted by Gasteiger charge is -2.40. The van der Waals surface area contributed by atoms with E-state index < -0.39 is 11.6 Å². The van der Waals surface area contributed by atoms with E-state index in [4.69, 9.17) is 14.6 Å². The summed E-state index contributed by atoms with van der Waals surface area (Å²) in [6, 6.07) is 25.1. The third-order valence-electron chi connectivity index (χ3n) is 8.34. The van der Waals surface area contributed by atoms with Gasteiger partial charge < -0.3 is 24.0 Å². The first kappa shape index (κ1) is 37.0. The molecule has 0 bridgehead atoms. The number of aliphatic hydroxyl groups is 1. The minimum absolute atomic E-state index is 0.0306. The SMILES string of the molecule is CC(C)(C)O.CSN1c2c(C)c(CC(=O)O)c(-c3ccc(C)cc3)c(C)c2-c2c(OCCCCOCc3ccccc3)cccc2[C@@H]1C. The van der Waals surface area contributed by atoms with Crippen molar-refractivity contribution in [3.63, 3.8) is 0 Å². The zero-order valence-corrected chi connectivity index (χ0v) is 30.5. The Balaban J connectivity index is 0.000000968. The molecule has 4 aromatic carbocycles. The third kappa shape index (κ3) is 9.22. The zero-order chi connectivity index (χ0) is 35.0. The van der Waals surface area contributed by atoms with Gasteiger partial charge in [-0.05, 0) is 106 Å². The molecule has 1 aliphatic rings. The number of aliphatic carboxylic acids is 1. The predicted octanol–water partition coefficient (Wildman–Crippen LogP) is 9.88. The number of hydrogen-bond acceptors (Lipinski definition) is 6. The number of fused-ring (bicyclic) bond motifs is 3. The van der Waals surface area contributed by atoms with Gasteiger partial charge >= 0.3 is 5.97 Å². The molecular weight excluding hydrogens is 619 g/mol. The molecule has 1 atom stereocenters. The molecule has 0 saturated carbocycles. The highest BCUT2D eigenvalue weighted by atomic mass is 32.2. The van der Waals surface area contributed by atoms with Gasteiger partial charge in [0.1, 0.15) is 5.75 Å². The fraction of sp³-hybridized carbons (Fsp3) is 0.390. The van der Waals surface area contributed by atoms with Gasteiger partial charge in [-0.15, -0.1) is 0 Å². The molecule has 0 amide bonds. The molecule has 0 aromatic heterocycles. The second-order valence-electron chi connectivity index (χ2n) is 13.4. The highest BCUT2D eigenvalue weighted by Gasteiger charge is 2.35. The predicted molar refractivity (Wildman–Crippen MR) is 200 cm³/mol. The average Bonchev–Trinajstić information content (AvgIpc) is 3.03. The van der Waals surface area contributed by atoms with Crippen molar-refractivity contribution in [1.82, 2.24) is 0 Å². The zero-order valence-electron chi connectivity index (χ0n) is 29.7. The molecule has 0 saturated heterocycles. The maximum Gasteiger partial charge on any atom is 0.307 e. The summed E-state index contributed by atoms with van der Waals surface area (Å²) < 4.78 is 14.7. The molecule has 1 aliphatic heterocycles. The van der Waals surface area contributed by atoms with E-state index in [1.165, 1.54) is 16.7 Å².